The summed E-state index contributed by atoms with van der Waals surface area (Å²) in [5.74, 6) is -1.19. The number of hydrogen-bond acceptors (Lipinski definition) is 4. The van der Waals surface area contributed by atoms with Crippen LogP contribution in [-0.4, -0.2) is 24.5 Å². The summed E-state index contributed by atoms with van der Waals surface area (Å²) in [5, 5.41) is 13.0. The Bertz CT molecular complexity index is 609. The van der Waals surface area contributed by atoms with Crippen molar-refractivity contribution in [3.63, 3.8) is 0 Å². The molecule has 0 unspecified atom stereocenters. The van der Waals surface area contributed by atoms with Crippen molar-refractivity contribution in [2.24, 2.45) is 0 Å². The largest absolute Gasteiger partial charge is 0.548 e. The molecule has 24 heavy (non-hydrogen) atoms. The standard InChI is InChI=1S/C19H29NO4/c1-12(17(22)23)20-16(21)11-24-15-9-8-13(18(2,3)4)10-14(15)19(5,6)7/h8-10,12H,11H2,1-7H3,(H,20,21)(H,22,23)/p-1/t12-/m0/s1. The minimum absolute atomic E-state index is 0.0137. The summed E-state index contributed by atoms with van der Waals surface area (Å²) in [4.78, 5) is 22.5. The molecule has 0 saturated carbocycles. The summed E-state index contributed by atoms with van der Waals surface area (Å²) in [6.45, 7) is 13.8. The normalized spacial score (nSPS) is 13.3. The zero-order valence-corrected chi connectivity index (χ0v) is 15.6. The van der Waals surface area contributed by atoms with E-state index in [9.17, 15) is 14.7 Å². The molecular weight excluding hydrogens is 306 g/mol. The molecule has 0 bridgehead atoms. The Hall–Kier alpha value is -2.04. The fourth-order valence-corrected chi connectivity index (χ4v) is 2.19. The van der Waals surface area contributed by atoms with Crippen LogP contribution in [0.15, 0.2) is 18.2 Å². The summed E-state index contributed by atoms with van der Waals surface area (Å²) in [6.07, 6.45) is 0. The van der Waals surface area contributed by atoms with Gasteiger partial charge in [-0.15, -0.1) is 0 Å². The van der Waals surface area contributed by atoms with E-state index in [1.165, 1.54) is 12.5 Å². The van der Waals surface area contributed by atoms with Crippen LogP contribution in [0.4, 0.5) is 0 Å². The third-order valence-electron chi connectivity index (χ3n) is 3.74. The van der Waals surface area contributed by atoms with Crippen molar-refractivity contribution in [1.82, 2.24) is 5.32 Å². The van der Waals surface area contributed by atoms with E-state index >= 15 is 0 Å². The Balaban J connectivity index is 2.96. The van der Waals surface area contributed by atoms with Crippen LogP contribution in [-0.2, 0) is 20.4 Å². The second-order valence-electron chi connectivity index (χ2n) is 8.11. The van der Waals surface area contributed by atoms with Gasteiger partial charge in [-0.05, 0) is 34.9 Å². The van der Waals surface area contributed by atoms with Crippen molar-refractivity contribution >= 4 is 11.9 Å². The Morgan fingerprint density at radius 3 is 2.17 bits per heavy atom. The van der Waals surface area contributed by atoms with Crippen molar-refractivity contribution in [1.29, 1.82) is 0 Å². The van der Waals surface area contributed by atoms with Crippen molar-refractivity contribution in [2.45, 2.75) is 65.3 Å². The lowest BCUT2D eigenvalue weighted by Gasteiger charge is -2.27. The number of carboxylic acid groups (broad SMARTS) is 1. The first kappa shape index (κ1) is 20.0. The number of carbonyl (C=O) groups excluding carboxylic acids is 2. The van der Waals surface area contributed by atoms with Gasteiger partial charge in [0, 0.05) is 0 Å². The van der Waals surface area contributed by atoms with Gasteiger partial charge in [0.25, 0.3) is 5.91 Å². The number of carboxylic acids is 1. The van der Waals surface area contributed by atoms with E-state index in [-0.39, 0.29) is 17.4 Å². The van der Waals surface area contributed by atoms with Gasteiger partial charge in [-0.25, -0.2) is 0 Å². The van der Waals surface area contributed by atoms with Crippen LogP contribution in [0.1, 0.15) is 59.6 Å². The van der Waals surface area contributed by atoms with Gasteiger partial charge in [0.1, 0.15) is 5.75 Å². The number of nitrogens with one attached hydrogen (secondary N) is 1. The average molecular weight is 334 g/mol. The maximum atomic E-state index is 11.8. The molecule has 0 radical (unpaired) electrons. The zero-order valence-electron chi connectivity index (χ0n) is 15.6. The van der Waals surface area contributed by atoms with E-state index in [4.69, 9.17) is 4.74 Å². The summed E-state index contributed by atoms with van der Waals surface area (Å²) >= 11 is 0. The van der Waals surface area contributed by atoms with E-state index in [0.717, 1.165) is 5.56 Å². The van der Waals surface area contributed by atoms with Gasteiger partial charge < -0.3 is 20.0 Å². The molecule has 1 amide bonds. The lowest BCUT2D eigenvalue weighted by Crippen LogP contribution is -2.47. The maximum absolute atomic E-state index is 11.8. The van der Waals surface area contributed by atoms with Crippen LogP contribution in [0.2, 0.25) is 0 Å². The highest BCUT2D eigenvalue weighted by Crippen LogP contribution is 2.35. The van der Waals surface area contributed by atoms with Gasteiger partial charge in [-0.3, -0.25) is 4.79 Å². The highest BCUT2D eigenvalue weighted by Gasteiger charge is 2.23. The van der Waals surface area contributed by atoms with Crippen molar-refractivity contribution in [3.05, 3.63) is 29.3 Å². The second-order valence-corrected chi connectivity index (χ2v) is 8.11. The number of amides is 1. The number of benzene rings is 1. The van der Waals surface area contributed by atoms with Crippen LogP contribution in [0.5, 0.6) is 5.75 Å². The average Bonchev–Trinajstić information content (AvgIpc) is 2.42. The number of aliphatic carboxylic acids is 1. The predicted molar refractivity (Wildman–Crippen MR) is 91.9 cm³/mol. The van der Waals surface area contributed by atoms with Crippen molar-refractivity contribution in [3.8, 4) is 5.75 Å². The second kappa shape index (κ2) is 7.24. The first-order valence-corrected chi connectivity index (χ1v) is 8.10. The molecule has 0 spiro atoms. The van der Waals surface area contributed by atoms with E-state index in [2.05, 4.69) is 52.9 Å². The van der Waals surface area contributed by atoms with Crippen LogP contribution in [0.25, 0.3) is 0 Å². The lowest BCUT2D eigenvalue weighted by molar-refractivity contribution is -0.307. The molecule has 0 fully saturated rings. The van der Waals surface area contributed by atoms with Gasteiger partial charge >= 0.3 is 0 Å². The summed E-state index contributed by atoms with van der Waals surface area (Å²) < 4.78 is 5.65. The molecule has 1 rings (SSSR count). The fourth-order valence-electron chi connectivity index (χ4n) is 2.19. The predicted octanol–water partition coefficient (Wildman–Crippen LogP) is 1.91. The SMILES string of the molecule is C[C@H](NC(=O)COc1ccc(C(C)(C)C)cc1C(C)(C)C)C(=O)[O-]. The third-order valence-corrected chi connectivity index (χ3v) is 3.74. The van der Waals surface area contributed by atoms with E-state index < -0.39 is 17.9 Å². The van der Waals surface area contributed by atoms with Gasteiger partial charge in [-0.1, -0.05) is 53.7 Å². The number of carbonyl (C=O) groups is 2. The lowest BCUT2D eigenvalue weighted by atomic mass is 9.80. The molecule has 0 aliphatic heterocycles. The molecule has 0 aliphatic carbocycles. The van der Waals surface area contributed by atoms with E-state index in [0.29, 0.717) is 5.75 Å². The molecule has 5 heteroatoms. The molecule has 0 saturated heterocycles. The Morgan fingerprint density at radius 2 is 1.71 bits per heavy atom. The van der Waals surface area contributed by atoms with Crippen LogP contribution < -0.4 is 15.2 Å². The van der Waals surface area contributed by atoms with Crippen LogP contribution >= 0.6 is 0 Å². The van der Waals surface area contributed by atoms with Crippen molar-refractivity contribution < 1.29 is 19.4 Å². The van der Waals surface area contributed by atoms with Crippen LogP contribution in [0, 0.1) is 0 Å². The molecule has 1 N–H and O–H groups in total. The highest BCUT2D eigenvalue weighted by molar-refractivity contribution is 5.83. The fraction of sp³-hybridized carbons (Fsp3) is 0.579. The van der Waals surface area contributed by atoms with Crippen molar-refractivity contribution in [2.75, 3.05) is 6.61 Å². The number of rotatable bonds is 5. The molecule has 1 atom stereocenters. The first-order valence-electron chi connectivity index (χ1n) is 8.10. The minimum atomic E-state index is -1.33. The highest BCUT2D eigenvalue weighted by atomic mass is 16.5. The molecule has 5 nitrogen and oxygen atoms in total. The van der Waals surface area contributed by atoms with Crippen LogP contribution in [0.3, 0.4) is 0 Å². The van der Waals surface area contributed by atoms with Gasteiger partial charge in [0.05, 0.1) is 12.0 Å². The molecule has 134 valence electrons. The Morgan fingerprint density at radius 1 is 1.12 bits per heavy atom. The zero-order chi connectivity index (χ0) is 18.7. The monoisotopic (exact) mass is 334 g/mol. The quantitative estimate of drug-likeness (QED) is 0.892. The molecule has 0 aliphatic rings. The van der Waals surface area contributed by atoms with Gasteiger partial charge in [0.15, 0.2) is 6.61 Å². The topological polar surface area (TPSA) is 78.5 Å². The number of hydrogen-bond donors (Lipinski definition) is 1. The smallest absolute Gasteiger partial charge is 0.258 e. The Labute approximate surface area is 144 Å². The van der Waals surface area contributed by atoms with Gasteiger partial charge in [0.2, 0.25) is 0 Å². The molecule has 0 heterocycles. The minimum Gasteiger partial charge on any atom is -0.548 e. The molecule has 0 aromatic heterocycles. The summed E-state index contributed by atoms with van der Waals surface area (Å²) in [6, 6.07) is 4.92. The Kier molecular flexibility index (Phi) is 6.04. The maximum Gasteiger partial charge on any atom is 0.258 e. The molecule has 1 aromatic rings. The molecule has 1 aromatic carbocycles. The molecular formula is C19H28NO4-. The summed E-state index contributed by atoms with van der Waals surface area (Å²) in [7, 11) is 0. The first-order chi connectivity index (χ1) is 10.8. The van der Waals surface area contributed by atoms with E-state index in [1.807, 2.05) is 12.1 Å². The third kappa shape index (κ3) is 5.55. The van der Waals surface area contributed by atoms with Gasteiger partial charge in [-0.2, -0.15) is 0 Å². The van der Waals surface area contributed by atoms with E-state index in [1.54, 1.807) is 0 Å². The number of ether oxygens (including phenoxy) is 1. The summed E-state index contributed by atoms with van der Waals surface area (Å²) in [5.41, 5.74) is 2.07.